The van der Waals surface area contributed by atoms with E-state index in [0.29, 0.717) is 5.69 Å². The van der Waals surface area contributed by atoms with Gasteiger partial charge in [-0.15, -0.1) is 0 Å². The van der Waals surface area contributed by atoms with Crippen LogP contribution in [-0.2, 0) is 19.4 Å². The predicted octanol–water partition coefficient (Wildman–Crippen LogP) is 2.60. The van der Waals surface area contributed by atoms with Crippen molar-refractivity contribution in [1.29, 1.82) is 0 Å². The molecule has 0 heterocycles. The Labute approximate surface area is 153 Å². The van der Waals surface area contributed by atoms with Crippen LogP contribution in [0.4, 0.5) is 5.69 Å². The number of amides is 2. The van der Waals surface area contributed by atoms with Crippen molar-refractivity contribution in [3.05, 3.63) is 59.7 Å². The number of hydrogen-bond acceptors (Lipinski definition) is 4. The largest absolute Gasteiger partial charge is 0.349 e. The van der Waals surface area contributed by atoms with Crippen molar-refractivity contribution in [3.8, 4) is 0 Å². The number of hydrogen-bond donors (Lipinski definition) is 2. The van der Waals surface area contributed by atoms with Crippen LogP contribution in [0.2, 0.25) is 0 Å². The molecule has 0 saturated carbocycles. The van der Waals surface area contributed by atoms with Crippen LogP contribution in [0.25, 0.3) is 0 Å². The Balaban J connectivity index is 2.14. The van der Waals surface area contributed by atoms with E-state index in [1.54, 1.807) is 12.1 Å². The van der Waals surface area contributed by atoms with E-state index < -0.39 is 15.9 Å². The summed E-state index contributed by atoms with van der Waals surface area (Å²) < 4.78 is 23.2. The van der Waals surface area contributed by atoms with E-state index in [9.17, 15) is 18.0 Å². The average Bonchev–Trinajstić information content (AvgIpc) is 2.54. The second-order valence-electron chi connectivity index (χ2n) is 6.22. The monoisotopic (exact) mass is 374 g/mol. The molecule has 0 saturated heterocycles. The van der Waals surface area contributed by atoms with E-state index in [1.807, 2.05) is 31.2 Å². The van der Waals surface area contributed by atoms with Gasteiger partial charge in [-0.2, -0.15) is 0 Å². The molecule has 0 aliphatic carbocycles. The molecule has 138 valence electrons. The number of carbonyl (C=O) groups is 2. The third-order valence-corrected chi connectivity index (χ3v) is 4.90. The molecule has 2 rings (SSSR count). The summed E-state index contributed by atoms with van der Waals surface area (Å²) in [4.78, 5) is 24.0. The fourth-order valence-electron chi connectivity index (χ4n) is 2.50. The Morgan fingerprint density at radius 1 is 1.08 bits per heavy atom. The van der Waals surface area contributed by atoms with Gasteiger partial charge < -0.3 is 10.6 Å². The first-order valence-electron chi connectivity index (χ1n) is 8.09. The Morgan fingerprint density at radius 3 is 2.31 bits per heavy atom. The van der Waals surface area contributed by atoms with Crippen LogP contribution in [-0.4, -0.2) is 26.5 Å². The lowest BCUT2D eigenvalue weighted by Gasteiger charge is -2.18. The molecule has 7 heteroatoms. The Hall–Kier alpha value is -2.67. The fourth-order valence-corrected chi connectivity index (χ4v) is 3.17. The minimum absolute atomic E-state index is 0.0335. The van der Waals surface area contributed by atoms with Gasteiger partial charge in [0.1, 0.15) is 0 Å². The molecule has 2 amide bonds. The third-order valence-electron chi connectivity index (χ3n) is 3.79. The van der Waals surface area contributed by atoms with Crippen molar-refractivity contribution in [1.82, 2.24) is 5.32 Å². The van der Waals surface area contributed by atoms with Crippen LogP contribution in [0, 0.1) is 6.92 Å². The van der Waals surface area contributed by atoms with Gasteiger partial charge in [0.15, 0.2) is 9.84 Å². The van der Waals surface area contributed by atoms with Crippen LogP contribution in [0.3, 0.4) is 0 Å². The quantitative estimate of drug-likeness (QED) is 0.813. The molecule has 2 N–H and O–H groups in total. The lowest BCUT2D eigenvalue weighted by molar-refractivity contribution is -0.120. The molecule has 0 fully saturated rings. The Bertz CT molecular complexity index is 905. The molecule has 0 aliphatic heterocycles. The highest BCUT2D eigenvalue weighted by molar-refractivity contribution is 7.90. The summed E-state index contributed by atoms with van der Waals surface area (Å²) in [7, 11) is -3.36. The molecule has 1 atom stereocenters. The zero-order chi connectivity index (χ0) is 19.3. The van der Waals surface area contributed by atoms with Crippen molar-refractivity contribution in [3.63, 3.8) is 0 Å². The summed E-state index contributed by atoms with van der Waals surface area (Å²) in [5, 5.41) is 5.46. The number of nitrogens with one attached hydrogen (secondary N) is 2. The molecule has 0 radical (unpaired) electrons. The van der Waals surface area contributed by atoms with E-state index in [1.165, 1.54) is 19.1 Å². The lowest BCUT2D eigenvalue weighted by atomic mass is 10.0. The molecule has 1 unspecified atom stereocenters. The van der Waals surface area contributed by atoms with Gasteiger partial charge in [0.25, 0.3) is 0 Å². The second-order valence-corrected chi connectivity index (χ2v) is 8.23. The van der Waals surface area contributed by atoms with E-state index in [-0.39, 0.29) is 23.1 Å². The molecule has 6 nitrogen and oxygen atoms in total. The minimum Gasteiger partial charge on any atom is -0.349 e. The maximum Gasteiger partial charge on any atom is 0.226 e. The topological polar surface area (TPSA) is 92.3 Å². The summed E-state index contributed by atoms with van der Waals surface area (Å²) in [6.45, 7) is 3.35. The van der Waals surface area contributed by atoms with Crippen LogP contribution in [0.15, 0.2) is 53.4 Å². The van der Waals surface area contributed by atoms with Crippen molar-refractivity contribution < 1.29 is 18.0 Å². The minimum atomic E-state index is -3.36. The highest BCUT2D eigenvalue weighted by atomic mass is 32.2. The number of rotatable bonds is 6. The van der Waals surface area contributed by atoms with Gasteiger partial charge in [-0.1, -0.05) is 35.9 Å². The van der Waals surface area contributed by atoms with Crippen molar-refractivity contribution in [2.45, 2.75) is 31.2 Å². The smallest absolute Gasteiger partial charge is 0.226 e. The summed E-state index contributed by atoms with van der Waals surface area (Å²) in [5.74, 6) is -0.558. The van der Waals surface area contributed by atoms with E-state index >= 15 is 0 Å². The van der Waals surface area contributed by atoms with Gasteiger partial charge in [-0.3, -0.25) is 9.59 Å². The SMILES string of the molecule is CC(=O)NC(CC(=O)Nc1cccc(S(C)(=O)=O)c1)c1ccc(C)cc1. The third kappa shape index (κ3) is 5.70. The van der Waals surface area contributed by atoms with Crippen LogP contribution in [0.5, 0.6) is 0 Å². The molecule has 0 bridgehead atoms. The van der Waals surface area contributed by atoms with Gasteiger partial charge in [-0.05, 0) is 30.7 Å². The standard InChI is InChI=1S/C19H22N2O4S/c1-13-7-9-15(10-8-13)18(20-14(2)22)12-19(23)21-16-5-4-6-17(11-16)26(3,24)25/h4-11,18H,12H2,1-3H3,(H,20,22)(H,21,23). The van der Waals surface area contributed by atoms with Crippen molar-refractivity contribution in [2.75, 3.05) is 11.6 Å². The second kappa shape index (κ2) is 8.14. The zero-order valence-electron chi connectivity index (χ0n) is 14.9. The summed E-state index contributed by atoms with van der Waals surface area (Å²) >= 11 is 0. The molecule has 2 aromatic rings. The highest BCUT2D eigenvalue weighted by Gasteiger charge is 2.17. The predicted molar refractivity (Wildman–Crippen MR) is 101 cm³/mol. The molecule has 0 aromatic heterocycles. The Kier molecular flexibility index (Phi) is 6.15. The van der Waals surface area contributed by atoms with Gasteiger partial charge in [0.2, 0.25) is 11.8 Å². The maximum atomic E-state index is 12.4. The van der Waals surface area contributed by atoms with Gasteiger partial charge in [0, 0.05) is 18.9 Å². The maximum absolute atomic E-state index is 12.4. The van der Waals surface area contributed by atoms with Crippen LogP contribution in [0.1, 0.15) is 30.5 Å². The molecule has 2 aromatic carbocycles. The fraction of sp³-hybridized carbons (Fsp3) is 0.263. The number of anilines is 1. The number of aryl methyl sites for hydroxylation is 1. The first kappa shape index (κ1) is 19.7. The highest BCUT2D eigenvalue weighted by Crippen LogP contribution is 2.20. The lowest BCUT2D eigenvalue weighted by Crippen LogP contribution is -2.29. The summed E-state index contributed by atoms with van der Waals surface area (Å²) in [5.41, 5.74) is 2.30. The van der Waals surface area contributed by atoms with E-state index in [0.717, 1.165) is 17.4 Å². The zero-order valence-corrected chi connectivity index (χ0v) is 15.8. The van der Waals surface area contributed by atoms with Crippen molar-refractivity contribution in [2.24, 2.45) is 0 Å². The summed E-state index contributed by atoms with van der Waals surface area (Å²) in [6, 6.07) is 13.2. The number of benzene rings is 2. The van der Waals surface area contributed by atoms with Crippen LogP contribution < -0.4 is 10.6 Å². The molecule has 26 heavy (non-hydrogen) atoms. The van der Waals surface area contributed by atoms with E-state index in [2.05, 4.69) is 10.6 Å². The molecule has 0 spiro atoms. The van der Waals surface area contributed by atoms with Crippen molar-refractivity contribution >= 4 is 27.3 Å². The first-order chi connectivity index (χ1) is 12.1. The Morgan fingerprint density at radius 2 is 1.73 bits per heavy atom. The normalized spacial score (nSPS) is 12.3. The van der Waals surface area contributed by atoms with E-state index in [4.69, 9.17) is 0 Å². The van der Waals surface area contributed by atoms with Gasteiger partial charge in [0.05, 0.1) is 17.4 Å². The molecular weight excluding hydrogens is 352 g/mol. The van der Waals surface area contributed by atoms with Crippen LogP contribution >= 0.6 is 0 Å². The first-order valence-corrected chi connectivity index (χ1v) is 9.98. The molecular formula is C19H22N2O4S. The number of sulfone groups is 1. The summed E-state index contributed by atoms with van der Waals surface area (Å²) in [6.07, 6.45) is 1.14. The molecule has 0 aliphatic rings. The average molecular weight is 374 g/mol. The number of carbonyl (C=O) groups excluding carboxylic acids is 2. The van der Waals surface area contributed by atoms with Gasteiger partial charge in [-0.25, -0.2) is 8.42 Å². The van der Waals surface area contributed by atoms with Gasteiger partial charge >= 0.3 is 0 Å².